The number of benzene rings is 1. The molecule has 0 saturated heterocycles. The van der Waals surface area contributed by atoms with Crippen molar-refractivity contribution in [3.05, 3.63) is 88.5 Å². The summed E-state index contributed by atoms with van der Waals surface area (Å²) in [5.41, 5.74) is 3.00. The van der Waals surface area contributed by atoms with Gasteiger partial charge in [0.25, 0.3) is 5.91 Å². The lowest BCUT2D eigenvalue weighted by Crippen LogP contribution is -2.43. The Balaban J connectivity index is 1.99. The van der Waals surface area contributed by atoms with E-state index in [4.69, 9.17) is 4.74 Å². The molecule has 0 radical (unpaired) electrons. The van der Waals surface area contributed by atoms with Crippen molar-refractivity contribution in [3.63, 3.8) is 0 Å². The third-order valence-corrected chi connectivity index (χ3v) is 5.28. The van der Waals surface area contributed by atoms with Gasteiger partial charge in [0.05, 0.1) is 13.2 Å². The zero-order chi connectivity index (χ0) is 22.5. The molecular weight excluding hydrogens is 394 g/mol. The highest BCUT2D eigenvalue weighted by molar-refractivity contribution is 6.07. The number of ketones is 1. The predicted molar refractivity (Wildman–Crippen MR) is 116 cm³/mol. The number of aryl methyl sites for hydroxylation is 1. The molecule has 160 valence electrons. The average molecular weight is 419 g/mol. The maximum absolute atomic E-state index is 13.5. The highest BCUT2D eigenvalue weighted by Crippen LogP contribution is 2.23. The van der Waals surface area contributed by atoms with Crippen LogP contribution in [-0.4, -0.2) is 45.7 Å². The first kappa shape index (κ1) is 22.0. The van der Waals surface area contributed by atoms with Crippen LogP contribution in [0.4, 0.5) is 0 Å². The zero-order valence-corrected chi connectivity index (χ0v) is 18.0. The number of aromatic amines is 1. The number of carbonyl (C=O) groups excluding carboxylic acids is 3. The van der Waals surface area contributed by atoms with E-state index in [9.17, 15) is 14.4 Å². The molecule has 0 aliphatic heterocycles. The maximum atomic E-state index is 13.5. The van der Waals surface area contributed by atoms with Crippen molar-refractivity contribution < 1.29 is 19.1 Å². The van der Waals surface area contributed by atoms with E-state index < -0.39 is 12.0 Å². The Kier molecular flexibility index (Phi) is 6.65. The van der Waals surface area contributed by atoms with Crippen molar-refractivity contribution in [2.24, 2.45) is 0 Å². The number of methoxy groups -OCH3 is 1. The van der Waals surface area contributed by atoms with Crippen molar-refractivity contribution in [1.82, 2.24) is 14.9 Å². The van der Waals surface area contributed by atoms with Gasteiger partial charge in [0, 0.05) is 35.8 Å². The van der Waals surface area contributed by atoms with Crippen LogP contribution in [0.1, 0.15) is 54.9 Å². The number of Topliss-reactive ketones (excluding diaryl/α,β-unsaturated/α-hetero) is 1. The molecule has 0 spiro atoms. The number of hydrogen-bond acceptors (Lipinski definition) is 5. The second-order valence-corrected chi connectivity index (χ2v) is 7.32. The summed E-state index contributed by atoms with van der Waals surface area (Å²) in [4.78, 5) is 47.4. The highest BCUT2D eigenvalue weighted by atomic mass is 16.5. The van der Waals surface area contributed by atoms with Gasteiger partial charge in [-0.15, -0.1) is 0 Å². The first-order chi connectivity index (χ1) is 14.8. The molecular formula is C24H25N3O4. The minimum atomic E-state index is -0.772. The summed E-state index contributed by atoms with van der Waals surface area (Å²) in [5.74, 6) is -1.06. The van der Waals surface area contributed by atoms with Crippen molar-refractivity contribution in [3.8, 4) is 0 Å². The molecule has 7 heteroatoms. The minimum Gasteiger partial charge on any atom is -0.464 e. The zero-order valence-electron chi connectivity index (χ0n) is 18.0. The van der Waals surface area contributed by atoms with Crippen LogP contribution < -0.4 is 0 Å². The van der Waals surface area contributed by atoms with Crippen LogP contribution in [0.3, 0.4) is 0 Å². The number of pyridine rings is 1. The van der Waals surface area contributed by atoms with Gasteiger partial charge in [0.2, 0.25) is 0 Å². The van der Waals surface area contributed by atoms with Crippen LogP contribution in [0.25, 0.3) is 0 Å². The quantitative estimate of drug-likeness (QED) is 0.465. The fourth-order valence-electron chi connectivity index (χ4n) is 3.60. The number of nitrogens with one attached hydrogen (secondary N) is 1. The topological polar surface area (TPSA) is 92.4 Å². The number of carbonyl (C=O) groups is 3. The van der Waals surface area contributed by atoms with Gasteiger partial charge in [-0.3, -0.25) is 14.6 Å². The van der Waals surface area contributed by atoms with E-state index in [1.54, 1.807) is 63.5 Å². The van der Waals surface area contributed by atoms with Crippen molar-refractivity contribution >= 4 is 17.7 Å². The average Bonchev–Trinajstić information content (AvgIpc) is 3.10. The largest absolute Gasteiger partial charge is 0.464 e. The van der Waals surface area contributed by atoms with Gasteiger partial charge >= 0.3 is 5.97 Å². The molecule has 1 atom stereocenters. The van der Waals surface area contributed by atoms with Gasteiger partial charge in [-0.05, 0) is 50.1 Å². The van der Waals surface area contributed by atoms with E-state index >= 15 is 0 Å². The van der Waals surface area contributed by atoms with Crippen LogP contribution in [-0.2, 0) is 11.3 Å². The second-order valence-electron chi connectivity index (χ2n) is 7.32. The molecule has 0 aliphatic carbocycles. The molecule has 3 rings (SSSR count). The summed E-state index contributed by atoms with van der Waals surface area (Å²) >= 11 is 0. The SMILES string of the molecule is COC(=O)c1[nH]c(C)c(C(=O)C(C)N(Cc2cccnc2)C(=O)c2ccccc2)c1C. The Bertz CT molecular complexity index is 1090. The summed E-state index contributed by atoms with van der Waals surface area (Å²) in [6.45, 7) is 5.34. The van der Waals surface area contributed by atoms with Gasteiger partial charge in [-0.1, -0.05) is 24.3 Å². The number of nitrogens with zero attached hydrogens (tertiary/aromatic N) is 2. The Hall–Kier alpha value is -3.74. The van der Waals surface area contributed by atoms with Gasteiger partial charge in [-0.2, -0.15) is 0 Å². The molecule has 31 heavy (non-hydrogen) atoms. The summed E-state index contributed by atoms with van der Waals surface area (Å²) < 4.78 is 4.80. The Labute approximate surface area is 181 Å². The van der Waals surface area contributed by atoms with Crippen molar-refractivity contribution in [2.75, 3.05) is 7.11 Å². The number of aromatic nitrogens is 2. The van der Waals surface area contributed by atoms with Gasteiger partial charge < -0.3 is 14.6 Å². The van der Waals surface area contributed by atoms with E-state index in [1.165, 1.54) is 12.0 Å². The molecule has 0 bridgehead atoms. The minimum absolute atomic E-state index is 0.223. The summed E-state index contributed by atoms with van der Waals surface area (Å²) in [6.07, 6.45) is 3.33. The third-order valence-electron chi connectivity index (χ3n) is 5.28. The molecule has 2 aromatic heterocycles. The summed E-state index contributed by atoms with van der Waals surface area (Å²) in [7, 11) is 1.29. The van der Waals surface area contributed by atoms with E-state index in [1.807, 2.05) is 12.1 Å². The third kappa shape index (κ3) is 4.55. The van der Waals surface area contributed by atoms with Gasteiger partial charge in [0.15, 0.2) is 5.78 Å². The molecule has 1 aromatic carbocycles. The number of H-pyrrole nitrogens is 1. The van der Waals surface area contributed by atoms with Crippen LogP contribution in [0.5, 0.6) is 0 Å². The predicted octanol–water partition coefficient (Wildman–Crippen LogP) is 3.73. The van der Waals surface area contributed by atoms with Crippen molar-refractivity contribution in [2.45, 2.75) is 33.4 Å². The summed E-state index contributed by atoms with van der Waals surface area (Å²) in [5, 5.41) is 0. The van der Waals surface area contributed by atoms with E-state index in [2.05, 4.69) is 9.97 Å². The lowest BCUT2D eigenvalue weighted by Gasteiger charge is -2.29. The molecule has 7 nitrogen and oxygen atoms in total. The number of amides is 1. The van der Waals surface area contributed by atoms with Crippen LogP contribution in [0.15, 0.2) is 54.9 Å². The van der Waals surface area contributed by atoms with Crippen LogP contribution in [0, 0.1) is 13.8 Å². The molecule has 1 unspecified atom stereocenters. The van der Waals surface area contributed by atoms with Crippen molar-refractivity contribution in [1.29, 1.82) is 0 Å². The highest BCUT2D eigenvalue weighted by Gasteiger charge is 2.31. The maximum Gasteiger partial charge on any atom is 0.354 e. The molecule has 0 fully saturated rings. The first-order valence-corrected chi connectivity index (χ1v) is 9.91. The van der Waals surface area contributed by atoms with Gasteiger partial charge in [0.1, 0.15) is 5.69 Å². The summed E-state index contributed by atoms with van der Waals surface area (Å²) in [6, 6.07) is 11.7. The van der Waals surface area contributed by atoms with Gasteiger partial charge in [-0.25, -0.2) is 4.79 Å². The van der Waals surface area contributed by atoms with Crippen LogP contribution >= 0.6 is 0 Å². The fourth-order valence-corrected chi connectivity index (χ4v) is 3.60. The molecule has 0 saturated carbocycles. The standard InChI is InChI=1S/C24H25N3O4/c1-15-20(16(2)26-21(15)24(30)31-4)22(28)17(3)27(14-18-9-8-12-25-13-18)23(29)19-10-6-5-7-11-19/h5-13,17,26H,14H2,1-4H3. The molecule has 1 amide bonds. The normalized spacial score (nSPS) is 11.6. The van der Waals surface area contributed by atoms with E-state index in [0.717, 1.165) is 5.56 Å². The smallest absolute Gasteiger partial charge is 0.354 e. The molecule has 2 heterocycles. The Morgan fingerprint density at radius 2 is 1.81 bits per heavy atom. The molecule has 3 aromatic rings. The number of rotatable bonds is 7. The number of hydrogen-bond donors (Lipinski definition) is 1. The first-order valence-electron chi connectivity index (χ1n) is 9.91. The number of esters is 1. The lowest BCUT2D eigenvalue weighted by atomic mass is 9.99. The van der Waals surface area contributed by atoms with Crippen LogP contribution in [0.2, 0.25) is 0 Å². The molecule has 0 aliphatic rings. The van der Waals surface area contributed by atoms with E-state index in [-0.39, 0.29) is 23.9 Å². The number of ether oxygens (including phenoxy) is 1. The fraction of sp³-hybridized carbons (Fsp3) is 0.250. The van der Waals surface area contributed by atoms with E-state index in [0.29, 0.717) is 22.4 Å². The second kappa shape index (κ2) is 9.38. The monoisotopic (exact) mass is 419 g/mol. The molecule has 1 N–H and O–H groups in total. The lowest BCUT2D eigenvalue weighted by molar-refractivity contribution is 0.0592. The Morgan fingerprint density at radius 1 is 1.10 bits per heavy atom. The Morgan fingerprint density at radius 3 is 2.42 bits per heavy atom.